The van der Waals surface area contributed by atoms with Crippen LogP contribution < -0.4 is 4.90 Å². The number of pyridine rings is 1. The fourth-order valence-electron chi connectivity index (χ4n) is 2.25. The van der Waals surface area contributed by atoms with Crippen LogP contribution in [0.15, 0.2) is 30.6 Å². The van der Waals surface area contributed by atoms with Gasteiger partial charge in [0.25, 0.3) is 0 Å². The van der Waals surface area contributed by atoms with Crippen molar-refractivity contribution in [3.8, 4) is 0 Å². The normalized spacial score (nSPS) is 21.0. The van der Waals surface area contributed by atoms with Gasteiger partial charge in [0.15, 0.2) is 0 Å². The van der Waals surface area contributed by atoms with Gasteiger partial charge in [-0.1, -0.05) is 6.07 Å². The first-order chi connectivity index (χ1) is 8.40. The molecule has 0 saturated carbocycles. The number of ether oxygens (including phenoxy) is 1. The summed E-state index contributed by atoms with van der Waals surface area (Å²) in [6, 6.07) is 6.36. The molecule has 0 amide bonds. The quantitative estimate of drug-likeness (QED) is 0.762. The highest BCUT2D eigenvalue weighted by atomic mass is 35.5. The molecule has 0 aromatic carbocycles. The molecule has 1 saturated heterocycles. The number of aromatic nitrogens is 2. The van der Waals surface area contributed by atoms with Crippen molar-refractivity contribution in [3.63, 3.8) is 0 Å². The maximum Gasteiger partial charge on any atom is 0.138 e. The van der Waals surface area contributed by atoms with Gasteiger partial charge in [-0.2, -0.15) is 0 Å². The van der Waals surface area contributed by atoms with Gasteiger partial charge in [-0.15, -0.1) is 11.6 Å². The van der Waals surface area contributed by atoms with Gasteiger partial charge in [0, 0.05) is 24.8 Å². The number of imidazole rings is 1. The molecule has 3 heterocycles. The lowest BCUT2D eigenvalue weighted by Crippen LogP contribution is -2.47. The van der Waals surface area contributed by atoms with Crippen LogP contribution in [0.3, 0.4) is 0 Å². The zero-order valence-corrected chi connectivity index (χ0v) is 10.2. The summed E-state index contributed by atoms with van der Waals surface area (Å²) in [6.07, 6.45) is 3.79. The van der Waals surface area contributed by atoms with Gasteiger partial charge in [0.1, 0.15) is 11.5 Å². The van der Waals surface area contributed by atoms with Gasteiger partial charge in [0.2, 0.25) is 0 Å². The van der Waals surface area contributed by atoms with Gasteiger partial charge in [-0.3, -0.25) is 4.40 Å². The second-order valence-corrected chi connectivity index (χ2v) is 4.42. The van der Waals surface area contributed by atoms with Crippen molar-refractivity contribution in [1.29, 1.82) is 0 Å². The van der Waals surface area contributed by atoms with Crippen LogP contribution in [0.1, 0.15) is 0 Å². The van der Waals surface area contributed by atoms with Crippen molar-refractivity contribution >= 4 is 23.1 Å². The Balaban J connectivity index is 2.04. The first-order valence-corrected chi connectivity index (χ1v) is 6.26. The van der Waals surface area contributed by atoms with Gasteiger partial charge in [0.05, 0.1) is 19.3 Å². The lowest BCUT2D eigenvalue weighted by atomic mass is 10.2. The summed E-state index contributed by atoms with van der Waals surface area (Å²) < 4.78 is 7.56. The Hall–Kier alpha value is -1.26. The summed E-state index contributed by atoms with van der Waals surface area (Å²) in [5.41, 5.74) is 0.960. The smallest absolute Gasteiger partial charge is 0.138 e. The zero-order valence-electron chi connectivity index (χ0n) is 9.42. The monoisotopic (exact) mass is 251 g/mol. The van der Waals surface area contributed by atoms with E-state index in [0.29, 0.717) is 12.5 Å². The van der Waals surface area contributed by atoms with E-state index in [0.717, 1.165) is 24.6 Å². The summed E-state index contributed by atoms with van der Waals surface area (Å²) in [5.74, 6) is 1.71. The maximum atomic E-state index is 6.00. The number of hydrogen-bond donors (Lipinski definition) is 0. The van der Waals surface area contributed by atoms with Crippen molar-refractivity contribution in [2.75, 3.05) is 30.5 Å². The Morgan fingerprint density at radius 3 is 3.29 bits per heavy atom. The Kier molecular flexibility index (Phi) is 2.91. The average Bonchev–Trinajstić information content (AvgIpc) is 2.86. The van der Waals surface area contributed by atoms with Gasteiger partial charge < -0.3 is 9.64 Å². The third kappa shape index (κ3) is 1.87. The summed E-state index contributed by atoms with van der Waals surface area (Å²) >= 11 is 6.00. The van der Waals surface area contributed by atoms with E-state index in [2.05, 4.69) is 20.4 Å². The van der Waals surface area contributed by atoms with E-state index in [-0.39, 0.29) is 6.04 Å². The molecule has 1 atom stereocenters. The molecule has 0 N–H and O–H groups in total. The Bertz CT molecular complexity index is 513. The maximum absolute atomic E-state index is 6.00. The minimum atomic E-state index is 0.235. The van der Waals surface area contributed by atoms with Crippen LogP contribution >= 0.6 is 11.6 Å². The molecule has 0 spiro atoms. The van der Waals surface area contributed by atoms with Crippen molar-refractivity contribution < 1.29 is 4.74 Å². The third-order valence-electron chi connectivity index (χ3n) is 3.11. The molecule has 1 fully saturated rings. The molecule has 2 aromatic heterocycles. The highest BCUT2D eigenvalue weighted by Gasteiger charge is 2.23. The summed E-state index contributed by atoms with van der Waals surface area (Å²) in [6.45, 7) is 2.31. The molecule has 4 nitrogen and oxygen atoms in total. The van der Waals surface area contributed by atoms with Gasteiger partial charge >= 0.3 is 0 Å². The van der Waals surface area contributed by atoms with Crippen LogP contribution in [0.4, 0.5) is 5.82 Å². The van der Waals surface area contributed by atoms with E-state index >= 15 is 0 Å². The number of rotatable bonds is 2. The Morgan fingerprint density at radius 2 is 2.41 bits per heavy atom. The van der Waals surface area contributed by atoms with Gasteiger partial charge in [-0.25, -0.2) is 4.98 Å². The summed E-state index contributed by atoms with van der Waals surface area (Å²) in [5, 5.41) is 0. The SMILES string of the molecule is ClCC1COCCN1c1cccc2nccn12. The summed E-state index contributed by atoms with van der Waals surface area (Å²) in [7, 11) is 0. The molecule has 1 unspecified atom stereocenters. The molecule has 1 aliphatic heterocycles. The van der Waals surface area contributed by atoms with Crippen LogP contribution in [0.5, 0.6) is 0 Å². The number of alkyl halides is 1. The molecular formula is C12H14ClN3O. The number of anilines is 1. The van der Waals surface area contributed by atoms with Crippen LogP contribution in [0.2, 0.25) is 0 Å². The summed E-state index contributed by atoms with van der Waals surface area (Å²) in [4.78, 5) is 6.59. The predicted molar refractivity (Wildman–Crippen MR) is 67.9 cm³/mol. The van der Waals surface area contributed by atoms with Crippen LogP contribution in [-0.2, 0) is 4.74 Å². The Labute approximate surface area is 105 Å². The highest BCUT2D eigenvalue weighted by Crippen LogP contribution is 2.21. The molecule has 1 aliphatic rings. The number of nitrogens with zero attached hydrogens (tertiary/aromatic N) is 3. The average molecular weight is 252 g/mol. The molecule has 2 aromatic rings. The van der Waals surface area contributed by atoms with Crippen LogP contribution in [0.25, 0.3) is 5.65 Å². The molecular weight excluding hydrogens is 238 g/mol. The number of halogens is 1. The van der Waals surface area contributed by atoms with Crippen molar-refractivity contribution in [1.82, 2.24) is 9.38 Å². The van der Waals surface area contributed by atoms with Crippen molar-refractivity contribution in [2.24, 2.45) is 0 Å². The standard InChI is InChI=1S/C12H14ClN3O/c13-8-10-9-17-7-6-15(10)12-3-1-2-11-14-4-5-16(11)12/h1-5,10H,6-9H2. The largest absolute Gasteiger partial charge is 0.377 e. The fraction of sp³-hybridized carbons (Fsp3) is 0.417. The molecule has 0 radical (unpaired) electrons. The first kappa shape index (κ1) is 10.9. The van der Waals surface area contributed by atoms with Crippen LogP contribution in [-0.4, -0.2) is 41.1 Å². The third-order valence-corrected chi connectivity index (χ3v) is 3.46. The van der Waals surface area contributed by atoms with Crippen molar-refractivity contribution in [3.05, 3.63) is 30.6 Å². The zero-order chi connectivity index (χ0) is 11.7. The minimum Gasteiger partial charge on any atom is -0.377 e. The number of hydrogen-bond acceptors (Lipinski definition) is 3. The van der Waals surface area contributed by atoms with E-state index in [9.17, 15) is 0 Å². The molecule has 90 valence electrons. The second kappa shape index (κ2) is 4.55. The first-order valence-electron chi connectivity index (χ1n) is 5.72. The lowest BCUT2D eigenvalue weighted by molar-refractivity contribution is 0.0993. The number of morpholine rings is 1. The Morgan fingerprint density at radius 1 is 1.47 bits per heavy atom. The fourth-order valence-corrected chi connectivity index (χ4v) is 2.51. The minimum absolute atomic E-state index is 0.235. The van der Waals surface area contributed by atoms with E-state index in [4.69, 9.17) is 16.3 Å². The second-order valence-electron chi connectivity index (χ2n) is 4.12. The van der Waals surface area contributed by atoms with E-state index in [1.807, 2.05) is 24.5 Å². The number of fused-ring (bicyclic) bond motifs is 1. The van der Waals surface area contributed by atoms with Gasteiger partial charge in [-0.05, 0) is 12.1 Å². The lowest BCUT2D eigenvalue weighted by Gasteiger charge is -2.36. The molecule has 5 heteroatoms. The highest BCUT2D eigenvalue weighted by molar-refractivity contribution is 6.18. The predicted octanol–water partition coefficient (Wildman–Crippen LogP) is 1.78. The molecule has 0 aliphatic carbocycles. The molecule has 3 rings (SSSR count). The topological polar surface area (TPSA) is 29.8 Å². The van der Waals surface area contributed by atoms with E-state index in [1.54, 1.807) is 0 Å². The van der Waals surface area contributed by atoms with Crippen molar-refractivity contribution in [2.45, 2.75) is 6.04 Å². The van der Waals surface area contributed by atoms with Crippen LogP contribution in [0, 0.1) is 0 Å². The molecule has 17 heavy (non-hydrogen) atoms. The van der Waals surface area contributed by atoms with E-state index < -0.39 is 0 Å². The van der Waals surface area contributed by atoms with E-state index in [1.165, 1.54) is 0 Å². The molecule has 0 bridgehead atoms.